The summed E-state index contributed by atoms with van der Waals surface area (Å²) in [5, 5.41) is 7.86. The molecule has 0 aromatic carbocycles. The van der Waals surface area contributed by atoms with Crippen molar-refractivity contribution < 1.29 is 0 Å². The predicted octanol–water partition coefficient (Wildman–Crippen LogP) is 1.49. The molecule has 0 radical (unpaired) electrons. The standard InChI is InChI=1S/C9H12N4/c1-6(2)7-4-5-8-9(10-7)11-12-13(8)3/h4-6H,1-3H3. The lowest BCUT2D eigenvalue weighted by Gasteiger charge is -2.02. The molecule has 4 nitrogen and oxygen atoms in total. The molecule has 4 heteroatoms. The van der Waals surface area contributed by atoms with Gasteiger partial charge in [0.25, 0.3) is 0 Å². The summed E-state index contributed by atoms with van der Waals surface area (Å²) in [5.74, 6) is 0.436. The van der Waals surface area contributed by atoms with E-state index >= 15 is 0 Å². The van der Waals surface area contributed by atoms with Crippen LogP contribution in [0, 0.1) is 0 Å². The van der Waals surface area contributed by atoms with Crippen molar-refractivity contribution in [1.82, 2.24) is 20.0 Å². The van der Waals surface area contributed by atoms with Gasteiger partial charge >= 0.3 is 0 Å². The summed E-state index contributed by atoms with van der Waals surface area (Å²) in [6.45, 7) is 4.23. The van der Waals surface area contributed by atoms with Crippen LogP contribution in [0.15, 0.2) is 12.1 Å². The van der Waals surface area contributed by atoms with Crippen molar-refractivity contribution in [3.8, 4) is 0 Å². The maximum absolute atomic E-state index is 4.40. The fourth-order valence-electron chi connectivity index (χ4n) is 1.26. The van der Waals surface area contributed by atoms with Gasteiger partial charge in [0, 0.05) is 12.7 Å². The van der Waals surface area contributed by atoms with Gasteiger partial charge in [0.1, 0.15) is 5.52 Å². The van der Waals surface area contributed by atoms with Gasteiger partial charge in [-0.2, -0.15) is 0 Å². The molecule has 0 spiro atoms. The average molecular weight is 176 g/mol. The fraction of sp³-hybridized carbons (Fsp3) is 0.444. The zero-order valence-corrected chi connectivity index (χ0v) is 8.02. The molecule has 0 bridgehead atoms. The lowest BCUT2D eigenvalue weighted by Crippen LogP contribution is -1.93. The second-order valence-corrected chi connectivity index (χ2v) is 3.45. The highest BCUT2D eigenvalue weighted by atomic mass is 15.4. The van der Waals surface area contributed by atoms with Gasteiger partial charge in [-0.25, -0.2) is 9.67 Å². The zero-order chi connectivity index (χ0) is 9.42. The molecule has 0 amide bonds. The van der Waals surface area contributed by atoms with Crippen molar-refractivity contribution in [1.29, 1.82) is 0 Å². The number of nitrogens with zero attached hydrogens (tertiary/aromatic N) is 4. The van der Waals surface area contributed by atoms with Crippen molar-refractivity contribution >= 4 is 11.2 Å². The van der Waals surface area contributed by atoms with E-state index in [1.165, 1.54) is 0 Å². The summed E-state index contributed by atoms with van der Waals surface area (Å²) in [7, 11) is 1.87. The van der Waals surface area contributed by atoms with E-state index in [2.05, 4.69) is 29.1 Å². The molecule has 0 aliphatic heterocycles. The van der Waals surface area contributed by atoms with Crippen LogP contribution in [0.1, 0.15) is 25.5 Å². The van der Waals surface area contributed by atoms with Crippen LogP contribution in [-0.2, 0) is 7.05 Å². The molecule has 0 saturated carbocycles. The van der Waals surface area contributed by atoms with Crippen LogP contribution in [0.3, 0.4) is 0 Å². The molecule has 0 fully saturated rings. The molecule has 0 aliphatic carbocycles. The van der Waals surface area contributed by atoms with Crippen LogP contribution in [0.5, 0.6) is 0 Å². The minimum atomic E-state index is 0.436. The van der Waals surface area contributed by atoms with Gasteiger partial charge < -0.3 is 0 Å². The Morgan fingerprint density at radius 1 is 1.31 bits per heavy atom. The van der Waals surface area contributed by atoms with Crippen molar-refractivity contribution in [3.63, 3.8) is 0 Å². The van der Waals surface area contributed by atoms with Crippen LogP contribution in [0.25, 0.3) is 11.2 Å². The molecular weight excluding hydrogens is 164 g/mol. The quantitative estimate of drug-likeness (QED) is 0.661. The Morgan fingerprint density at radius 2 is 2.08 bits per heavy atom. The Hall–Kier alpha value is -1.45. The van der Waals surface area contributed by atoms with E-state index < -0.39 is 0 Å². The first-order valence-electron chi connectivity index (χ1n) is 4.35. The molecule has 2 heterocycles. The third-order valence-corrected chi connectivity index (χ3v) is 2.09. The highest BCUT2D eigenvalue weighted by molar-refractivity contribution is 5.69. The molecule has 0 atom stereocenters. The maximum Gasteiger partial charge on any atom is 0.202 e. The molecular formula is C9H12N4. The fourth-order valence-corrected chi connectivity index (χ4v) is 1.26. The number of aromatic nitrogens is 4. The first-order chi connectivity index (χ1) is 6.18. The lowest BCUT2D eigenvalue weighted by atomic mass is 10.1. The zero-order valence-electron chi connectivity index (χ0n) is 8.02. The van der Waals surface area contributed by atoms with Crippen molar-refractivity contribution in [2.45, 2.75) is 19.8 Å². The third kappa shape index (κ3) is 1.28. The molecule has 2 rings (SSSR count). The third-order valence-electron chi connectivity index (χ3n) is 2.09. The smallest absolute Gasteiger partial charge is 0.202 e. The Bertz CT molecular complexity index is 430. The van der Waals surface area contributed by atoms with E-state index in [9.17, 15) is 0 Å². The predicted molar refractivity (Wildman–Crippen MR) is 50.4 cm³/mol. The Labute approximate surface area is 76.6 Å². The number of aryl methyl sites for hydroxylation is 1. The largest absolute Gasteiger partial charge is 0.246 e. The van der Waals surface area contributed by atoms with E-state index in [4.69, 9.17) is 0 Å². The minimum absolute atomic E-state index is 0.436. The Balaban J connectivity index is 2.63. The summed E-state index contributed by atoms with van der Waals surface area (Å²) in [6.07, 6.45) is 0. The number of rotatable bonds is 1. The molecule has 0 unspecified atom stereocenters. The van der Waals surface area contributed by atoms with Crippen LogP contribution < -0.4 is 0 Å². The normalized spacial score (nSPS) is 11.4. The molecule has 13 heavy (non-hydrogen) atoms. The highest BCUT2D eigenvalue weighted by Gasteiger charge is 2.05. The first kappa shape index (κ1) is 8.16. The maximum atomic E-state index is 4.40. The van der Waals surface area contributed by atoms with E-state index in [0.29, 0.717) is 5.92 Å². The van der Waals surface area contributed by atoms with Gasteiger partial charge in [-0.15, -0.1) is 5.10 Å². The summed E-state index contributed by atoms with van der Waals surface area (Å²) in [4.78, 5) is 4.40. The lowest BCUT2D eigenvalue weighted by molar-refractivity contribution is 0.736. The second-order valence-electron chi connectivity index (χ2n) is 3.45. The van der Waals surface area contributed by atoms with Gasteiger partial charge in [0.2, 0.25) is 5.65 Å². The van der Waals surface area contributed by atoms with E-state index in [-0.39, 0.29) is 0 Å². The highest BCUT2D eigenvalue weighted by Crippen LogP contribution is 2.14. The van der Waals surface area contributed by atoms with Crippen LogP contribution >= 0.6 is 0 Å². The number of hydrogen-bond donors (Lipinski definition) is 0. The average Bonchev–Trinajstić information content (AvgIpc) is 2.47. The second kappa shape index (κ2) is 2.80. The van der Waals surface area contributed by atoms with Gasteiger partial charge in [-0.3, -0.25) is 0 Å². The molecule has 0 saturated heterocycles. The van der Waals surface area contributed by atoms with Gasteiger partial charge in [0.05, 0.1) is 0 Å². The Morgan fingerprint density at radius 3 is 2.77 bits per heavy atom. The van der Waals surface area contributed by atoms with Crippen molar-refractivity contribution in [2.75, 3.05) is 0 Å². The number of pyridine rings is 1. The molecule has 0 N–H and O–H groups in total. The topological polar surface area (TPSA) is 43.6 Å². The van der Waals surface area contributed by atoms with E-state index in [0.717, 1.165) is 16.9 Å². The summed E-state index contributed by atoms with van der Waals surface area (Å²) in [6, 6.07) is 4.04. The molecule has 68 valence electrons. The van der Waals surface area contributed by atoms with Gasteiger partial charge in [-0.05, 0) is 18.1 Å². The van der Waals surface area contributed by atoms with Crippen LogP contribution in [0.4, 0.5) is 0 Å². The molecule has 2 aromatic heterocycles. The van der Waals surface area contributed by atoms with E-state index in [1.807, 2.05) is 19.2 Å². The van der Waals surface area contributed by atoms with Crippen molar-refractivity contribution in [3.05, 3.63) is 17.8 Å². The first-order valence-corrected chi connectivity index (χ1v) is 4.35. The minimum Gasteiger partial charge on any atom is -0.246 e. The summed E-state index contributed by atoms with van der Waals surface area (Å²) >= 11 is 0. The van der Waals surface area contributed by atoms with Crippen molar-refractivity contribution in [2.24, 2.45) is 7.05 Å². The van der Waals surface area contributed by atoms with E-state index in [1.54, 1.807) is 4.68 Å². The number of hydrogen-bond acceptors (Lipinski definition) is 3. The van der Waals surface area contributed by atoms with Gasteiger partial charge in [-0.1, -0.05) is 19.1 Å². The summed E-state index contributed by atoms with van der Waals surface area (Å²) < 4.78 is 1.73. The molecule has 2 aromatic rings. The van der Waals surface area contributed by atoms with Crippen LogP contribution in [-0.4, -0.2) is 20.0 Å². The monoisotopic (exact) mass is 176 g/mol. The SMILES string of the molecule is CC(C)c1ccc2c(nnn2C)n1. The Kier molecular flexibility index (Phi) is 1.76. The van der Waals surface area contributed by atoms with Gasteiger partial charge in [0.15, 0.2) is 0 Å². The number of fused-ring (bicyclic) bond motifs is 1. The molecule has 0 aliphatic rings. The van der Waals surface area contributed by atoms with Crippen LogP contribution in [0.2, 0.25) is 0 Å². The summed E-state index contributed by atoms with van der Waals surface area (Å²) in [5.41, 5.74) is 2.77.